The van der Waals surface area contributed by atoms with Crippen LogP contribution in [0.5, 0.6) is 5.75 Å². The molecule has 0 saturated heterocycles. The molecule has 1 aromatic rings. The summed E-state index contributed by atoms with van der Waals surface area (Å²) >= 11 is 6.04. The Morgan fingerprint density at radius 1 is 1.39 bits per heavy atom. The third-order valence-electron chi connectivity index (χ3n) is 4.04. The summed E-state index contributed by atoms with van der Waals surface area (Å²) in [5.74, 6) is 2.09. The van der Waals surface area contributed by atoms with Gasteiger partial charge in [0.2, 0.25) is 0 Å². The van der Waals surface area contributed by atoms with E-state index in [0.717, 1.165) is 11.5 Å². The van der Waals surface area contributed by atoms with Crippen LogP contribution in [-0.4, -0.2) is 7.11 Å². The summed E-state index contributed by atoms with van der Waals surface area (Å²) in [6, 6.07) is 5.97. The van der Waals surface area contributed by atoms with Gasteiger partial charge < -0.3 is 10.5 Å². The van der Waals surface area contributed by atoms with E-state index in [-0.39, 0.29) is 6.04 Å². The highest BCUT2D eigenvalue weighted by molar-refractivity contribution is 6.32. The van der Waals surface area contributed by atoms with Gasteiger partial charge in [0.1, 0.15) is 5.75 Å². The molecule has 0 aromatic heterocycles. The molecule has 2 nitrogen and oxygen atoms in total. The minimum Gasteiger partial charge on any atom is -0.495 e. The number of halogens is 1. The van der Waals surface area contributed by atoms with E-state index in [0.29, 0.717) is 16.7 Å². The Kier molecular flexibility index (Phi) is 4.52. The summed E-state index contributed by atoms with van der Waals surface area (Å²) in [6.07, 6.45) is 5.10. The molecular weight excluding hydrogens is 246 g/mol. The van der Waals surface area contributed by atoms with E-state index in [1.54, 1.807) is 7.11 Å². The van der Waals surface area contributed by atoms with E-state index in [9.17, 15) is 0 Å². The van der Waals surface area contributed by atoms with E-state index in [1.165, 1.54) is 25.7 Å². The van der Waals surface area contributed by atoms with E-state index in [4.69, 9.17) is 22.1 Å². The van der Waals surface area contributed by atoms with E-state index < -0.39 is 0 Å². The molecule has 2 N–H and O–H groups in total. The summed E-state index contributed by atoms with van der Waals surface area (Å²) in [6.45, 7) is 2.32. The van der Waals surface area contributed by atoms with Crippen molar-refractivity contribution in [3.63, 3.8) is 0 Å². The van der Waals surface area contributed by atoms with Crippen LogP contribution in [-0.2, 0) is 0 Å². The molecule has 0 bridgehead atoms. The van der Waals surface area contributed by atoms with Crippen LogP contribution in [0.1, 0.15) is 44.2 Å². The highest BCUT2D eigenvalue weighted by Gasteiger charge is 2.25. The van der Waals surface area contributed by atoms with Crippen LogP contribution in [0.25, 0.3) is 0 Å². The van der Waals surface area contributed by atoms with Gasteiger partial charge in [-0.2, -0.15) is 0 Å². The maximum absolute atomic E-state index is 6.41. The lowest BCUT2D eigenvalue weighted by molar-refractivity contribution is 0.247. The maximum Gasteiger partial charge on any atom is 0.137 e. The lowest BCUT2D eigenvalue weighted by atomic mass is 9.77. The van der Waals surface area contributed by atoms with Crippen LogP contribution < -0.4 is 10.5 Å². The van der Waals surface area contributed by atoms with Gasteiger partial charge in [0, 0.05) is 6.04 Å². The number of benzene rings is 1. The fourth-order valence-electron chi connectivity index (χ4n) is 2.96. The van der Waals surface area contributed by atoms with Crippen LogP contribution in [0, 0.1) is 11.8 Å². The lowest BCUT2D eigenvalue weighted by Crippen LogP contribution is -2.26. The van der Waals surface area contributed by atoms with Gasteiger partial charge in [-0.15, -0.1) is 0 Å². The molecule has 1 fully saturated rings. The zero-order valence-electron chi connectivity index (χ0n) is 11.2. The standard InChI is InChI=1S/C15H22ClNO/c1-10-4-3-5-11(8-10)15(17)12-6-7-13(16)14(9-12)18-2/h6-7,9-11,15H,3-5,8,17H2,1-2H3. The summed E-state index contributed by atoms with van der Waals surface area (Å²) in [7, 11) is 1.64. The van der Waals surface area contributed by atoms with Crippen LogP contribution >= 0.6 is 11.6 Å². The van der Waals surface area contributed by atoms with Gasteiger partial charge in [-0.1, -0.05) is 37.4 Å². The first-order valence-corrected chi connectivity index (χ1v) is 7.08. The molecule has 2 rings (SSSR count). The van der Waals surface area contributed by atoms with Gasteiger partial charge in [0.25, 0.3) is 0 Å². The van der Waals surface area contributed by atoms with Crippen molar-refractivity contribution in [1.82, 2.24) is 0 Å². The van der Waals surface area contributed by atoms with Crippen molar-refractivity contribution in [3.8, 4) is 5.75 Å². The average molecular weight is 268 g/mol. The van der Waals surface area contributed by atoms with Crippen LogP contribution in [0.4, 0.5) is 0 Å². The van der Waals surface area contributed by atoms with E-state index in [1.807, 2.05) is 18.2 Å². The minimum absolute atomic E-state index is 0.0962. The Bertz CT molecular complexity index is 407. The molecule has 0 radical (unpaired) electrons. The average Bonchev–Trinajstić information content (AvgIpc) is 2.38. The molecule has 0 amide bonds. The van der Waals surface area contributed by atoms with E-state index in [2.05, 4.69) is 6.92 Å². The fourth-order valence-corrected chi connectivity index (χ4v) is 3.16. The fraction of sp³-hybridized carbons (Fsp3) is 0.600. The molecular formula is C15H22ClNO. The van der Waals surface area contributed by atoms with Gasteiger partial charge in [0.15, 0.2) is 0 Å². The quantitative estimate of drug-likeness (QED) is 0.892. The first-order chi connectivity index (χ1) is 8.61. The lowest BCUT2D eigenvalue weighted by Gasteiger charge is -2.31. The van der Waals surface area contributed by atoms with Crippen LogP contribution in [0.3, 0.4) is 0 Å². The molecule has 3 atom stereocenters. The Morgan fingerprint density at radius 3 is 2.83 bits per heavy atom. The topological polar surface area (TPSA) is 35.2 Å². The Hall–Kier alpha value is -0.730. The largest absolute Gasteiger partial charge is 0.495 e. The molecule has 3 heteroatoms. The van der Waals surface area contributed by atoms with Crippen molar-refractivity contribution in [2.75, 3.05) is 7.11 Å². The van der Waals surface area contributed by atoms with Crippen molar-refractivity contribution in [3.05, 3.63) is 28.8 Å². The molecule has 0 aliphatic heterocycles. The number of hydrogen-bond acceptors (Lipinski definition) is 2. The Labute approximate surface area is 114 Å². The van der Waals surface area contributed by atoms with Crippen LogP contribution in [0.2, 0.25) is 5.02 Å². The second kappa shape index (κ2) is 5.94. The SMILES string of the molecule is COc1cc(C(N)C2CCCC(C)C2)ccc1Cl. The minimum atomic E-state index is 0.0962. The molecule has 0 heterocycles. The van der Waals surface area contributed by atoms with Gasteiger partial charge >= 0.3 is 0 Å². The Morgan fingerprint density at radius 2 is 2.17 bits per heavy atom. The summed E-state index contributed by atoms with van der Waals surface area (Å²) in [5.41, 5.74) is 7.54. The van der Waals surface area contributed by atoms with Crippen LogP contribution in [0.15, 0.2) is 18.2 Å². The highest BCUT2D eigenvalue weighted by atomic mass is 35.5. The third-order valence-corrected chi connectivity index (χ3v) is 4.36. The summed E-state index contributed by atoms with van der Waals surface area (Å²) < 4.78 is 5.26. The molecule has 0 spiro atoms. The summed E-state index contributed by atoms with van der Waals surface area (Å²) in [5, 5.41) is 0.644. The zero-order valence-corrected chi connectivity index (χ0v) is 11.9. The molecule has 1 saturated carbocycles. The monoisotopic (exact) mass is 267 g/mol. The van der Waals surface area contributed by atoms with Crippen molar-refractivity contribution in [1.29, 1.82) is 0 Å². The number of ether oxygens (including phenoxy) is 1. The van der Waals surface area contributed by atoms with Gasteiger partial charge in [-0.3, -0.25) is 0 Å². The number of hydrogen-bond donors (Lipinski definition) is 1. The maximum atomic E-state index is 6.41. The number of nitrogens with two attached hydrogens (primary N) is 1. The Balaban J connectivity index is 2.14. The van der Waals surface area contributed by atoms with Crippen molar-refractivity contribution < 1.29 is 4.74 Å². The predicted molar refractivity (Wildman–Crippen MR) is 76.1 cm³/mol. The molecule has 18 heavy (non-hydrogen) atoms. The number of rotatable bonds is 3. The molecule has 3 unspecified atom stereocenters. The van der Waals surface area contributed by atoms with Crippen molar-refractivity contribution in [2.45, 2.75) is 38.6 Å². The summed E-state index contributed by atoms with van der Waals surface area (Å²) in [4.78, 5) is 0. The predicted octanol–water partition coefficient (Wildman–Crippen LogP) is 4.17. The highest BCUT2D eigenvalue weighted by Crippen LogP contribution is 2.37. The molecule has 1 aromatic carbocycles. The second-order valence-electron chi connectivity index (χ2n) is 5.45. The van der Waals surface area contributed by atoms with Gasteiger partial charge in [-0.05, 0) is 42.4 Å². The third kappa shape index (κ3) is 2.99. The van der Waals surface area contributed by atoms with Gasteiger partial charge in [0.05, 0.1) is 12.1 Å². The molecule has 100 valence electrons. The number of methoxy groups -OCH3 is 1. The van der Waals surface area contributed by atoms with Crippen molar-refractivity contribution in [2.24, 2.45) is 17.6 Å². The van der Waals surface area contributed by atoms with Gasteiger partial charge in [-0.25, -0.2) is 0 Å². The smallest absolute Gasteiger partial charge is 0.137 e. The second-order valence-corrected chi connectivity index (χ2v) is 5.86. The molecule has 1 aliphatic carbocycles. The van der Waals surface area contributed by atoms with E-state index >= 15 is 0 Å². The van der Waals surface area contributed by atoms with Crippen molar-refractivity contribution >= 4 is 11.6 Å². The molecule has 1 aliphatic rings. The first kappa shape index (κ1) is 13.7. The normalized spacial score (nSPS) is 25.8. The first-order valence-electron chi connectivity index (χ1n) is 6.71. The zero-order chi connectivity index (χ0) is 13.1.